The summed E-state index contributed by atoms with van der Waals surface area (Å²) in [5.74, 6) is 1.07. The van der Waals surface area contributed by atoms with Crippen LogP contribution in [0, 0.1) is 5.41 Å². The second kappa shape index (κ2) is 7.66. The van der Waals surface area contributed by atoms with Gasteiger partial charge in [0.25, 0.3) is 0 Å². The lowest BCUT2D eigenvalue weighted by molar-refractivity contribution is -0.176. The number of ether oxygens (including phenoxy) is 1. The Kier molecular flexibility index (Phi) is 6.46. The third kappa shape index (κ3) is 3.43. The summed E-state index contributed by atoms with van der Waals surface area (Å²) in [5.41, 5.74) is 0.0817. The molecule has 3 fully saturated rings. The Hall–Kier alpha value is -0.0800. The Morgan fingerprint density at radius 1 is 1.17 bits per heavy atom. The van der Waals surface area contributed by atoms with Crippen molar-refractivity contribution in [2.45, 2.75) is 64.1 Å². The molecule has 0 aromatic carbocycles. The first-order valence-corrected chi connectivity index (χ1v) is 9.19. The number of nitrogens with zero attached hydrogens (tertiary/aromatic N) is 3. The number of aliphatic imine (C=N–C) groups is 1. The van der Waals surface area contributed by atoms with E-state index in [2.05, 4.69) is 40.9 Å². The Balaban J connectivity index is 0.00000208. The molecule has 140 valence electrons. The number of hydrogen-bond acceptors (Lipinski definition) is 3. The van der Waals surface area contributed by atoms with Crippen LogP contribution in [0.5, 0.6) is 0 Å². The van der Waals surface area contributed by atoms with Gasteiger partial charge in [-0.15, -0.1) is 24.0 Å². The van der Waals surface area contributed by atoms with Gasteiger partial charge in [0, 0.05) is 44.7 Å². The molecule has 2 heterocycles. The zero-order valence-corrected chi connectivity index (χ0v) is 18.3. The zero-order chi connectivity index (χ0) is 16.7. The minimum Gasteiger partial charge on any atom is -0.378 e. The molecule has 3 rings (SSSR count). The maximum Gasteiger partial charge on any atom is 0.193 e. The van der Waals surface area contributed by atoms with E-state index in [1.54, 1.807) is 0 Å². The van der Waals surface area contributed by atoms with Crippen molar-refractivity contribution in [3.63, 3.8) is 0 Å². The van der Waals surface area contributed by atoms with Crippen molar-refractivity contribution < 1.29 is 4.74 Å². The second-order valence-corrected chi connectivity index (χ2v) is 8.24. The van der Waals surface area contributed by atoms with Crippen LogP contribution in [0.2, 0.25) is 0 Å². The number of rotatable bonds is 3. The summed E-state index contributed by atoms with van der Waals surface area (Å²) in [6, 6.07) is 1.15. The SMILES string of the molecule is CN=C(NC1CC(C)(OC)C1(C)C)N1CCC(N2CCCC2)C1.I. The first kappa shape index (κ1) is 20.2. The van der Waals surface area contributed by atoms with E-state index in [0.29, 0.717) is 6.04 Å². The summed E-state index contributed by atoms with van der Waals surface area (Å²) >= 11 is 0. The van der Waals surface area contributed by atoms with Crippen molar-refractivity contribution in [1.29, 1.82) is 0 Å². The fourth-order valence-corrected chi connectivity index (χ4v) is 4.52. The van der Waals surface area contributed by atoms with E-state index in [1.807, 2.05) is 14.2 Å². The van der Waals surface area contributed by atoms with Gasteiger partial charge in [-0.25, -0.2) is 0 Å². The van der Waals surface area contributed by atoms with E-state index in [-0.39, 0.29) is 35.0 Å². The minimum absolute atomic E-state index is 0. The summed E-state index contributed by atoms with van der Waals surface area (Å²) in [7, 11) is 3.74. The van der Waals surface area contributed by atoms with Crippen LogP contribution in [0.15, 0.2) is 4.99 Å². The number of halogens is 1. The third-order valence-corrected chi connectivity index (χ3v) is 6.91. The van der Waals surface area contributed by atoms with Crippen molar-refractivity contribution in [3.8, 4) is 0 Å². The molecular formula is C18H35IN4O. The fourth-order valence-electron chi connectivity index (χ4n) is 4.52. The van der Waals surface area contributed by atoms with Crippen LogP contribution in [0.25, 0.3) is 0 Å². The molecule has 1 saturated carbocycles. The molecular weight excluding hydrogens is 415 g/mol. The van der Waals surface area contributed by atoms with E-state index < -0.39 is 0 Å². The molecule has 24 heavy (non-hydrogen) atoms. The number of methoxy groups -OCH3 is 1. The van der Waals surface area contributed by atoms with Gasteiger partial charge in [-0.2, -0.15) is 0 Å². The largest absolute Gasteiger partial charge is 0.378 e. The second-order valence-electron chi connectivity index (χ2n) is 8.24. The normalized spacial score (nSPS) is 36.4. The van der Waals surface area contributed by atoms with Gasteiger partial charge in [0.2, 0.25) is 0 Å². The molecule has 0 bridgehead atoms. The maximum atomic E-state index is 5.74. The van der Waals surface area contributed by atoms with Gasteiger partial charge in [0.1, 0.15) is 0 Å². The lowest BCUT2D eigenvalue weighted by Crippen LogP contribution is -2.69. The van der Waals surface area contributed by atoms with Gasteiger partial charge < -0.3 is 15.0 Å². The molecule has 0 spiro atoms. The molecule has 1 N–H and O–H groups in total. The summed E-state index contributed by atoms with van der Waals surface area (Å²) in [6.07, 6.45) is 5.05. The standard InChI is InChI=1S/C18H34N4O.HI/c1-17(2)15(12-18(17,3)23-5)20-16(19-4)22-11-8-14(13-22)21-9-6-7-10-21;/h14-15H,6-13H2,1-5H3,(H,19,20);1H. The van der Waals surface area contributed by atoms with Crippen molar-refractivity contribution in [2.24, 2.45) is 10.4 Å². The Bertz CT molecular complexity index is 464. The molecule has 3 aliphatic rings. The van der Waals surface area contributed by atoms with Crippen molar-refractivity contribution in [3.05, 3.63) is 0 Å². The first-order valence-electron chi connectivity index (χ1n) is 9.19. The van der Waals surface area contributed by atoms with Gasteiger partial charge in [-0.05, 0) is 45.7 Å². The lowest BCUT2D eigenvalue weighted by Gasteiger charge is -2.59. The van der Waals surface area contributed by atoms with Crippen molar-refractivity contribution >= 4 is 29.9 Å². The lowest BCUT2D eigenvalue weighted by atomic mass is 9.56. The molecule has 0 aromatic heterocycles. The van der Waals surface area contributed by atoms with E-state index >= 15 is 0 Å². The van der Waals surface area contributed by atoms with Gasteiger partial charge in [0.05, 0.1) is 5.60 Å². The molecule has 6 heteroatoms. The van der Waals surface area contributed by atoms with E-state index in [1.165, 1.54) is 32.4 Å². The molecule has 0 radical (unpaired) electrons. The highest BCUT2D eigenvalue weighted by Crippen LogP contribution is 2.51. The zero-order valence-electron chi connectivity index (χ0n) is 16.0. The van der Waals surface area contributed by atoms with Gasteiger partial charge in [0.15, 0.2) is 5.96 Å². The van der Waals surface area contributed by atoms with Crippen LogP contribution in [0.4, 0.5) is 0 Å². The molecule has 0 amide bonds. The van der Waals surface area contributed by atoms with Crippen molar-refractivity contribution in [1.82, 2.24) is 15.1 Å². The average Bonchev–Trinajstić information content (AvgIpc) is 3.21. The predicted molar refractivity (Wildman–Crippen MR) is 110 cm³/mol. The number of nitrogens with one attached hydrogen (secondary N) is 1. The van der Waals surface area contributed by atoms with Crippen molar-refractivity contribution in [2.75, 3.05) is 40.3 Å². The Morgan fingerprint density at radius 2 is 1.83 bits per heavy atom. The molecule has 3 atom stereocenters. The van der Waals surface area contributed by atoms with Crippen LogP contribution >= 0.6 is 24.0 Å². The van der Waals surface area contributed by atoms with Crippen LogP contribution < -0.4 is 5.32 Å². The maximum absolute atomic E-state index is 5.74. The van der Waals surface area contributed by atoms with Gasteiger partial charge >= 0.3 is 0 Å². The highest BCUT2D eigenvalue weighted by atomic mass is 127. The van der Waals surface area contributed by atoms with Crippen LogP contribution in [0.1, 0.15) is 46.5 Å². The molecule has 2 aliphatic heterocycles. The summed E-state index contributed by atoms with van der Waals surface area (Å²) < 4.78 is 5.74. The number of hydrogen-bond donors (Lipinski definition) is 1. The number of likely N-dealkylation sites (tertiary alicyclic amines) is 2. The van der Waals surface area contributed by atoms with E-state index in [4.69, 9.17) is 4.74 Å². The number of guanidine groups is 1. The monoisotopic (exact) mass is 450 g/mol. The van der Waals surface area contributed by atoms with Gasteiger partial charge in [-0.1, -0.05) is 13.8 Å². The predicted octanol–water partition coefficient (Wildman–Crippen LogP) is 2.55. The summed E-state index contributed by atoms with van der Waals surface area (Å²) in [6.45, 7) is 11.6. The van der Waals surface area contributed by atoms with E-state index in [0.717, 1.165) is 31.5 Å². The molecule has 3 unspecified atom stereocenters. The third-order valence-electron chi connectivity index (χ3n) is 6.91. The van der Waals surface area contributed by atoms with Gasteiger partial charge in [-0.3, -0.25) is 9.89 Å². The van der Waals surface area contributed by atoms with Crippen LogP contribution in [0.3, 0.4) is 0 Å². The summed E-state index contributed by atoms with van der Waals surface area (Å²) in [4.78, 5) is 9.68. The average molecular weight is 450 g/mol. The first-order chi connectivity index (χ1) is 10.9. The molecule has 2 saturated heterocycles. The Morgan fingerprint density at radius 3 is 2.38 bits per heavy atom. The molecule has 1 aliphatic carbocycles. The molecule has 0 aromatic rings. The van der Waals surface area contributed by atoms with Crippen LogP contribution in [-0.2, 0) is 4.74 Å². The topological polar surface area (TPSA) is 40.1 Å². The minimum atomic E-state index is -0.0351. The Labute approximate surface area is 164 Å². The highest BCUT2D eigenvalue weighted by molar-refractivity contribution is 14.0. The summed E-state index contributed by atoms with van der Waals surface area (Å²) in [5, 5.41) is 3.71. The molecule has 5 nitrogen and oxygen atoms in total. The smallest absolute Gasteiger partial charge is 0.193 e. The van der Waals surface area contributed by atoms with E-state index in [9.17, 15) is 0 Å². The fraction of sp³-hybridized carbons (Fsp3) is 0.944. The highest BCUT2D eigenvalue weighted by Gasteiger charge is 2.58. The quantitative estimate of drug-likeness (QED) is 0.408. The van der Waals surface area contributed by atoms with Crippen LogP contribution in [-0.4, -0.2) is 73.8 Å².